The zero-order valence-corrected chi connectivity index (χ0v) is 38.2. The molecule has 0 radical (unpaired) electrons. The average Bonchev–Trinajstić information content (AvgIpc) is 3.29. The third-order valence-corrected chi connectivity index (χ3v) is 10.6. The van der Waals surface area contributed by atoms with E-state index in [0.717, 1.165) is 33.3 Å². The summed E-state index contributed by atoms with van der Waals surface area (Å²) in [6, 6.07) is 24.3. The number of alkyl halides is 3. The van der Waals surface area contributed by atoms with Gasteiger partial charge >= 0.3 is 41.9 Å². The highest BCUT2D eigenvalue weighted by Gasteiger charge is 2.63. The van der Waals surface area contributed by atoms with E-state index in [1.165, 1.54) is 7.11 Å². The molecule has 69 heavy (non-hydrogen) atoms. The summed E-state index contributed by atoms with van der Waals surface area (Å²) in [6.07, 6.45) is -22.6. The molecule has 2 saturated heterocycles. The lowest BCUT2D eigenvalue weighted by molar-refractivity contribution is -0.377. The first-order valence-electron chi connectivity index (χ1n) is 21.5. The first kappa shape index (κ1) is 53.9. The number of esters is 4. The molecule has 0 bridgehead atoms. The van der Waals surface area contributed by atoms with Crippen LogP contribution in [0.3, 0.4) is 0 Å². The van der Waals surface area contributed by atoms with Crippen LogP contribution in [0.25, 0.3) is 0 Å². The molecule has 2 N–H and O–H groups in total. The number of carbonyl (C=O) groups is 6. The smallest absolute Gasteiger partial charge is 0.471 e. The summed E-state index contributed by atoms with van der Waals surface area (Å²) in [7, 11) is 1.28. The minimum atomic E-state index is -5.60. The molecule has 0 unspecified atom stereocenters. The SMILES string of the molecule is CO[C@@H]1O[C@H](COCc2ccccc2)[C@H](OCc2ccccc2)[C@H](O[C@]2(C(=O)O)C[C@H](OC(C)=O)[C@@H](NC(=O)C(F)(F)F)[C@H]([C@H](OC(C)=O)[C@@H](COC(C)=O)OC(C)=O)O2)[C@H]1OCc1ccccc1. The number of amides is 1. The largest absolute Gasteiger partial charge is 0.477 e. The first-order valence-corrected chi connectivity index (χ1v) is 21.5. The van der Waals surface area contributed by atoms with Gasteiger partial charge in [-0.1, -0.05) is 91.0 Å². The Morgan fingerprint density at radius 2 is 1.28 bits per heavy atom. The summed E-state index contributed by atoms with van der Waals surface area (Å²) < 4.78 is 108. The molecule has 3 aromatic rings. The Hall–Kier alpha value is -6.01. The van der Waals surface area contributed by atoms with Crippen LogP contribution in [0.2, 0.25) is 0 Å². The van der Waals surface area contributed by atoms with E-state index in [-0.39, 0.29) is 26.4 Å². The molecule has 19 nitrogen and oxygen atoms in total. The van der Waals surface area contributed by atoms with E-state index >= 15 is 0 Å². The number of halogens is 3. The van der Waals surface area contributed by atoms with E-state index in [9.17, 15) is 47.0 Å². The number of methoxy groups -OCH3 is 1. The van der Waals surface area contributed by atoms with E-state index in [2.05, 4.69) is 0 Å². The van der Waals surface area contributed by atoms with Gasteiger partial charge in [0.05, 0.1) is 38.9 Å². The predicted molar refractivity (Wildman–Crippen MR) is 228 cm³/mol. The van der Waals surface area contributed by atoms with Crippen molar-refractivity contribution in [2.45, 2.75) is 127 Å². The molecule has 0 aromatic heterocycles. The van der Waals surface area contributed by atoms with Gasteiger partial charge in [0.1, 0.15) is 43.2 Å². The van der Waals surface area contributed by atoms with E-state index in [1.54, 1.807) is 66.0 Å². The molecule has 376 valence electrons. The predicted octanol–water partition coefficient (Wildman–Crippen LogP) is 4.11. The number of nitrogens with one attached hydrogen (secondary N) is 1. The monoisotopic (exact) mass is 977 g/mol. The molecule has 3 aromatic carbocycles. The number of rotatable bonds is 22. The number of aliphatic carboxylic acids is 1. The Balaban J connectivity index is 1.71. The second-order valence-electron chi connectivity index (χ2n) is 15.9. The van der Waals surface area contributed by atoms with Gasteiger partial charge < -0.3 is 62.5 Å². The van der Waals surface area contributed by atoms with Crippen molar-refractivity contribution in [1.29, 1.82) is 0 Å². The molecular formula is C47H54F3NO18. The molecule has 2 heterocycles. The van der Waals surface area contributed by atoms with Gasteiger partial charge in [-0.2, -0.15) is 13.2 Å². The molecule has 5 rings (SSSR count). The second-order valence-corrected chi connectivity index (χ2v) is 15.9. The maximum absolute atomic E-state index is 14.1. The highest BCUT2D eigenvalue weighted by molar-refractivity contribution is 5.82. The lowest BCUT2D eigenvalue weighted by Crippen LogP contribution is -2.72. The molecule has 1 amide bonds. The highest BCUT2D eigenvalue weighted by atomic mass is 19.4. The number of carboxylic acid groups (broad SMARTS) is 1. The summed E-state index contributed by atoms with van der Waals surface area (Å²) in [5.41, 5.74) is 2.06. The van der Waals surface area contributed by atoms with Crippen LogP contribution in [0.15, 0.2) is 91.0 Å². The molecule has 22 heteroatoms. The summed E-state index contributed by atoms with van der Waals surface area (Å²) >= 11 is 0. The minimum absolute atomic E-state index is 0.0799. The van der Waals surface area contributed by atoms with Crippen LogP contribution in [-0.2, 0) is 101 Å². The standard InChI is InChI=1S/C47H54F3NO18/c1-27(52)61-26-36(65-29(3)54)39(66-30(4)55)40-37(51-44(56)47(48,49)50)34(64-28(2)53)21-46(68-40,45(57)58)69-41-38(62-23-32-17-11-7-12-18-32)35(25-60-22-31-15-9-6-10-16-31)67-43(59-5)42(41)63-24-33-19-13-8-14-20-33/h6-20,34-43H,21-26H2,1-5H3,(H,51,56)(H,57,58)/t34-,35+,36+,37+,38-,39+,40+,41-,42+,43+,46-/m0/s1. The molecule has 0 spiro atoms. The lowest BCUT2D eigenvalue weighted by Gasteiger charge is -2.52. The summed E-state index contributed by atoms with van der Waals surface area (Å²) in [6.45, 7) is 2.14. The summed E-state index contributed by atoms with van der Waals surface area (Å²) in [4.78, 5) is 77.0. The number of carbonyl (C=O) groups excluding carboxylic acids is 5. The molecule has 2 fully saturated rings. The van der Waals surface area contributed by atoms with Crippen LogP contribution < -0.4 is 5.32 Å². The maximum Gasteiger partial charge on any atom is 0.471 e. The Morgan fingerprint density at radius 1 is 0.739 bits per heavy atom. The lowest BCUT2D eigenvalue weighted by atomic mass is 9.87. The quantitative estimate of drug-likeness (QED) is 0.106. The second kappa shape index (κ2) is 25.0. The normalized spacial score (nSPS) is 25.6. The summed E-state index contributed by atoms with van der Waals surface area (Å²) in [5, 5.41) is 13.0. The van der Waals surface area contributed by atoms with E-state index in [4.69, 9.17) is 52.1 Å². The number of benzene rings is 3. The van der Waals surface area contributed by atoms with Crippen LogP contribution in [0.5, 0.6) is 0 Å². The van der Waals surface area contributed by atoms with E-state index in [1.807, 2.05) is 30.3 Å². The fraction of sp³-hybridized carbons (Fsp3) is 0.489. The van der Waals surface area contributed by atoms with Crippen molar-refractivity contribution in [3.05, 3.63) is 108 Å². The Bertz CT molecular complexity index is 2170. The Morgan fingerprint density at radius 3 is 1.75 bits per heavy atom. The third-order valence-electron chi connectivity index (χ3n) is 10.6. The van der Waals surface area contributed by atoms with Crippen molar-refractivity contribution < 1.29 is 99.2 Å². The molecule has 2 aliphatic rings. The van der Waals surface area contributed by atoms with Gasteiger partial charge in [0.15, 0.2) is 18.5 Å². The number of ether oxygens (including phenoxy) is 11. The van der Waals surface area contributed by atoms with Gasteiger partial charge in [-0.05, 0) is 16.7 Å². The average molecular weight is 978 g/mol. The fourth-order valence-corrected chi connectivity index (χ4v) is 7.71. The van der Waals surface area contributed by atoms with Crippen molar-refractivity contribution >= 4 is 35.8 Å². The van der Waals surface area contributed by atoms with Gasteiger partial charge in [0, 0.05) is 34.8 Å². The zero-order chi connectivity index (χ0) is 50.3. The van der Waals surface area contributed by atoms with Gasteiger partial charge in [-0.3, -0.25) is 24.0 Å². The number of hydrogen-bond donors (Lipinski definition) is 2. The highest BCUT2D eigenvalue weighted by Crippen LogP contribution is 2.41. The van der Waals surface area contributed by atoms with Crippen LogP contribution in [-0.4, -0.2) is 134 Å². The van der Waals surface area contributed by atoms with Gasteiger partial charge in [-0.25, -0.2) is 4.79 Å². The summed E-state index contributed by atoms with van der Waals surface area (Å²) in [5.74, 6) is -12.2. The molecule has 0 saturated carbocycles. The zero-order valence-electron chi connectivity index (χ0n) is 38.2. The maximum atomic E-state index is 14.1. The molecule has 11 atom stereocenters. The van der Waals surface area contributed by atoms with E-state index in [0.29, 0.717) is 11.1 Å². The van der Waals surface area contributed by atoms with Crippen molar-refractivity contribution in [2.24, 2.45) is 0 Å². The molecule has 2 aliphatic heterocycles. The van der Waals surface area contributed by atoms with Crippen LogP contribution >= 0.6 is 0 Å². The van der Waals surface area contributed by atoms with Crippen LogP contribution in [0.1, 0.15) is 50.8 Å². The van der Waals surface area contributed by atoms with Crippen molar-refractivity contribution in [1.82, 2.24) is 5.32 Å². The van der Waals surface area contributed by atoms with Crippen LogP contribution in [0.4, 0.5) is 13.2 Å². The fourth-order valence-electron chi connectivity index (χ4n) is 7.71. The van der Waals surface area contributed by atoms with Crippen molar-refractivity contribution in [3.63, 3.8) is 0 Å². The van der Waals surface area contributed by atoms with Crippen molar-refractivity contribution in [2.75, 3.05) is 20.3 Å². The number of hydrogen-bond acceptors (Lipinski definition) is 17. The Labute approximate surface area is 394 Å². The van der Waals surface area contributed by atoms with Gasteiger partial charge in [0.25, 0.3) is 5.79 Å². The van der Waals surface area contributed by atoms with Crippen LogP contribution in [0, 0.1) is 0 Å². The topological polar surface area (TPSA) is 236 Å². The first-order chi connectivity index (χ1) is 32.8. The van der Waals surface area contributed by atoms with Gasteiger partial charge in [-0.15, -0.1) is 0 Å². The van der Waals surface area contributed by atoms with Gasteiger partial charge in [0.2, 0.25) is 0 Å². The third kappa shape index (κ3) is 15.5. The molecular weight excluding hydrogens is 924 g/mol. The van der Waals surface area contributed by atoms with Crippen molar-refractivity contribution in [3.8, 4) is 0 Å². The Kier molecular flexibility index (Phi) is 19.6. The van der Waals surface area contributed by atoms with E-state index < -0.39 is 122 Å². The minimum Gasteiger partial charge on any atom is -0.477 e. The number of carboxylic acids is 1. The molecule has 0 aliphatic carbocycles.